The first-order chi connectivity index (χ1) is 7.24. The fourth-order valence-electron chi connectivity index (χ4n) is 2.17. The molecule has 2 aliphatic heterocycles. The van der Waals surface area contributed by atoms with E-state index < -0.39 is 0 Å². The van der Waals surface area contributed by atoms with Crippen molar-refractivity contribution in [2.45, 2.75) is 32.4 Å². The molecule has 0 aliphatic carbocycles. The van der Waals surface area contributed by atoms with Crippen LogP contribution in [0.4, 0.5) is 4.79 Å². The van der Waals surface area contributed by atoms with Crippen LogP contribution in [-0.4, -0.2) is 47.5 Å². The molecule has 1 unspecified atom stereocenters. The molecular formula is C10H17N3O2. The summed E-state index contributed by atoms with van der Waals surface area (Å²) in [5, 5.41) is 3.22. The average molecular weight is 211 g/mol. The molecule has 3 amide bonds. The molecule has 0 saturated carbocycles. The summed E-state index contributed by atoms with van der Waals surface area (Å²) in [6, 6.07) is -0.137. The third kappa shape index (κ3) is 1.84. The van der Waals surface area contributed by atoms with E-state index >= 15 is 0 Å². The van der Waals surface area contributed by atoms with Gasteiger partial charge in [-0.1, -0.05) is 0 Å². The number of hydrogen-bond acceptors (Lipinski definition) is 3. The first-order valence-corrected chi connectivity index (χ1v) is 5.58. The first kappa shape index (κ1) is 10.4. The first-order valence-electron chi connectivity index (χ1n) is 5.58. The number of likely N-dealkylation sites (N-methyl/N-ethyl adjacent to an activating group) is 1. The number of urea groups is 1. The van der Waals surface area contributed by atoms with Crippen molar-refractivity contribution in [1.29, 1.82) is 0 Å². The van der Waals surface area contributed by atoms with Crippen LogP contribution in [0, 0.1) is 0 Å². The van der Waals surface area contributed by atoms with Crippen molar-refractivity contribution in [3.05, 3.63) is 0 Å². The van der Waals surface area contributed by atoms with Gasteiger partial charge in [0.25, 0.3) is 5.91 Å². The van der Waals surface area contributed by atoms with Crippen LogP contribution in [0.3, 0.4) is 0 Å². The van der Waals surface area contributed by atoms with Gasteiger partial charge in [0, 0.05) is 6.54 Å². The van der Waals surface area contributed by atoms with Crippen molar-refractivity contribution in [3.63, 3.8) is 0 Å². The van der Waals surface area contributed by atoms with E-state index in [2.05, 4.69) is 5.32 Å². The highest BCUT2D eigenvalue weighted by atomic mass is 16.2. The van der Waals surface area contributed by atoms with Gasteiger partial charge >= 0.3 is 6.03 Å². The van der Waals surface area contributed by atoms with Crippen molar-refractivity contribution >= 4 is 11.9 Å². The second-order valence-electron chi connectivity index (χ2n) is 4.03. The summed E-state index contributed by atoms with van der Waals surface area (Å²) < 4.78 is 0. The molecule has 0 aromatic rings. The number of nitrogens with zero attached hydrogens (tertiary/aromatic N) is 2. The molecular weight excluding hydrogens is 194 g/mol. The van der Waals surface area contributed by atoms with E-state index in [0.717, 1.165) is 25.8 Å². The molecule has 0 spiro atoms. The maximum atomic E-state index is 11.8. The molecule has 15 heavy (non-hydrogen) atoms. The molecule has 1 N–H and O–H groups in total. The summed E-state index contributed by atoms with van der Waals surface area (Å²) in [5.74, 6) is -0.0683. The summed E-state index contributed by atoms with van der Waals surface area (Å²) in [4.78, 5) is 26.5. The van der Waals surface area contributed by atoms with Crippen LogP contribution in [0.2, 0.25) is 0 Å². The predicted molar refractivity (Wildman–Crippen MR) is 55.1 cm³/mol. The normalized spacial score (nSPS) is 27.7. The van der Waals surface area contributed by atoms with Gasteiger partial charge in [0.15, 0.2) is 0 Å². The van der Waals surface area contributed by atoms with Gasteiger partial charge in [0.05, 0.1) is 6.17 Å². The van der Waals surface area contributed by atoms with Gasteiger partial charge in [-0.05, 0) is 32.7 Å². The summed E-state index contributed by atoms with van der Waals surface area (Å²) in [7, 11) is 0. The standard InChI is InChI=1S/C10H17N3O2/c1-2-12-7-9(14)13(10(12)15)8-5-3-4-6-11-8/h8,11H,2-7H2,1H3. The summed E-state index contributed by atoms with van der Waals surface area (Å²) >= 11 is 0. The quantitative estimate of drug-likeness (QED) is 0.671. The molecule has 2 heterocycles. The van der Waals surface area contributed by atoms with Crippen molar-refractivity contribution in [3.8, 4) is 0 Å². The van der Waals surface area contributed by atoms with Gasteiger partial charge in [0.2, 0.25) is 0 Å². The Morgan fingerprint density at radius 1 is 1.40 bits per heavy atom. The fourth-order valence-corrected chi connectivity index (χ4v) is 2.17. The maximum absolute atomic E-state index is 11.8. The van der Waals surface area contributed by atoms with E-state index in [1.807, 2.05) is 6.92 Å². The maximum Gasteiger partial charge on any atom is 0.328 e. The number of carbonyl (C=O) groups excluding carboxylic acids is 2. The molecule has 5 nitrogen and oxygen atoms in total. The molecule has 84 valence electrons. The lowest BCUT2D eigenvalue weighted by Gasteiger charge is -2.30. The number of hydrogen-bond donors (Lipinski definition) is 1. The molecule has 0 aromatic heterocycles. The molecule has 5 heteroatoms. The Kier molecular flexibility index (Phi) is 2.90. The monoisotopic (exact) mass is 211 g/mol. The zero-order valence-electron chi connectivity index (χ0n) is 9.03. The van der Waals surface area contributed by atoms with E-state index in [1.54, 1.807) is 4.90 Å². The van der Waals surface area contributed by atoms with Crippen molar-refractivity contribution in [1.82, 2.24) is 15.1 Å². The number of imide groups is 1. The van der Waals surface area contributed by atoms with E-state index in [1.165, 1.54) is 4.90 Å². The molecule has 2 fully saturated rings. The third-order valence-corrected chi connectivity index (χ3v) is 3.05. The molecule has 2 aliphatic rings. The van der Waals surface area contributed by atoms with Crippen molar-refractivity contribution < 1.29 is 9.59 Å². The zero-order chi connectivity index (χ0) is 10.8. The SMILES string of the molecule is CCN1CC(=O)N(C2CCCCN2)C1=O. The largest absolute Gasteiger partial charge is 0.328 e. The minimum Gasteiger partial charge on any atom is -0.315 e. The number of amides is 3. The Morgan fingerprint density at radius 2 is 2.20 bits per heavy atom. The van der Waals surface area contributed by atoms with Gasteiger partial charge in [0.1, 0.15) is 6.54 Å². The topological polar surface area (TPSA) is 52.7 Å². The van der Waals surface area contributed by atoms with E-state index in [0.29, 0.717) is 6.54 Å². The summed E-state index contributed by atoms with van der Waals surface area (Å²) in [5.41, 5.74) is 0. The highest BCUT2D eigenvalue weighted by Gasteiger charge is 2.39. The number of carbonyl (C=O) groups is 2. The fraction of sp³-hybridized carbons (Fsp3) is 0.800. The Morgan fingerprint density at radius 3 is 2.73 bits per heavy atom. The van der Waals surface area contributed by atoms with Gasteiger partial charge in [-0.15, -0.1) is 0 Å². The number of rotatable bonds is 2. The molecule has 1 atom stereocenters. The molecule has 2 rings (SSSR count). The van der Waals surface area contributed by atoms with Crippen LogP contribution in [0.1, 0.15) is 26.2 Å². The zero-order valence-corrected chi connectivity index (χ0v) is 9.03. The van der Waals surface area contributed by atoms with Crippen LogP contribution >= 0.6 is 0 Å². The van der Waals surface area contributed by atoms with Gasteiger partial charge in [-0.3, -0.25) is 10.1 Å². The summed E-state index contributed by atoms with van der Waals surface area (Å²) in [6.07, 6.45) is 3.02. The van der Waals surface area contributed by atoms with Crippen molar-refractivity contribution in [2.75, 3.05) is 19.6 Å². The highest BCUT2D eigenvalue weighted by Crippen LogP contribution is 2.18. The van der Waals surface area contributed by atoms with Crippen LogP contribution in [0.15, 0.2) is 0 Å². The van der Waals surface area contributed by atoms with Gasteiger partial charge < -0.3 is 4.90 Å². The second kappa shape index (κ2) is 4.18. The number of nitrogens with one attached hydrogen (secondary N) is 1. The Labute approximate surface area is 89.4 Å². The average Bonchev–Trinajstić information content (AvgIpc) is 2.55. The molecule has 0 bridgehead atoms. The number of piperidine rings is 1. The van der Waals surface area contributed by atoms with Crippen molar-refractivity contribution in [2.24, 2.45) is 0 Å². The van der Waals surface area contributed by atoms with Crippen LogP contribution in [-0.2, 0) is 4.79 Å². The van der Waals surface area contributed by atoms with E-state index in [4.69, 9.17) is 0 Å². The minimum atomic E-state index is -0.137. The van der Waals surface area contributed by atoms with Crippen LogP contribution in [0.5, 0.6) is 0 Å². The lowest BCUT2D eigenvalue weighted by molar-refractivity contribution is -0.127. The van der Waals surface area contributed by atoms with Gasteiger partial charge in [-0.2, -0.15) is 0 Å². The van der Waals surface area contributed by atoms with E-state index in [9.17, 15) is 9.59 Å². The molecule has 0 radical (unpaired) electrons. The smallest absolute Gasteiger partial charge is 0.315 e. The minimum absolute atomic E-state index is 0.0683. The van der Waals surface area contributed by atoms with Crippen LogP contribution in [0.25, 0.3) is 0 Å². The Bertz CT molecular complexity index is 274. The second-order valence-corrected chi connectivity index (χ2v) is 4.03. The Hall–Kier alpha value is -1.10. The molecule has 0 aromatic carbocycles. The highest BCUT2D eigenvalue weighted by molar-refractivity contribution is 6.02. The van der Waals surface area contributed by atoms with Gasteiger partial charge in [-0.25, -0.2) is 9.69 Å². The summed E-state index contributed by atoms with van der Waals surface area (Å²) in [6.45, 7) is 3.64. The van der Waals surface area contributed by atoms with E-state index in [-0.39, 0.29) is 24.6 Å². The lowest BCUT2D eigenvalue weighted by Crippen LogP contribution is -2.51. The lowest BCUT2D eigenvalue weighted by atomic mass is 10.1. The third-order valence-electron chi connectivity index (χ3n) is 3.05. The van der Waals surface area contributed by atoms with Crippen LogP contribution < -0.4 is 5.32 Å². The predicted octanol–water partition coefficient (Wildman–Crippen LogP) is 0.370. The molecule has 2 saturated heterocycles. The Balaban J connectivity index is 2.07.